The van der Waals surface area contributed by atoms with Crippen LogP contribution in [0.15, 0.2) is 72.8 Å². The van der Waals surface area contributed by atoms with Crippen LogP contribution in [0.1, 0.15) is 45.1 Å². The minimum atomic E-state index is -0.826. The van der Waals surface area contributed by atoms with Crippen LogP contribution in [0.3, 0.4) is 0 Å². The molecule has 0 bridgehead atoms. The summed E-state index contributed by atoms with van der Waals surface area (Å²) in [5.74, 6) is 0. The van der Waals surface area contributed by atoms with E-state index in [-0.39, 0.29) is 7.92 Å². The molecule has 0 atom stereocenters. The fraction of sp³-hybridized carbons (Fsp3) is 0.333. The van der Waals surface area contributed by atoms with Crippen LogP contribution in [0.2, 0.25) is 0 Å². The van der Waals surface area contributed by atoms with Gasteiger partial charge in [-0.2, -0.15) is 12.1 Å². The Morgan fingerprint density at radius 3 is 1.74 bits per heavy atom. The number of halogens is 2. The van der Waals surface area contributed by atoms with Crippen molar-refractivity contribution >= 4 is 51.8 Å². The molecule has 0 spiro atoms. The van der Waals surface area contributed by atoms with E-state index in [1.54, 1.807) is 5.30 Å². The molecule has 0 saturated heterocycles. The Morgan fingerprint density at radius 2 is 1.26 bits per heavy atom. The van der Waals surface area contributed by atoms with E-state index in [1.165, 1.54) is 65.1 Å². The summed E-state index contributed by atoms with van der Waals surface area (Å²) in [5.41, 5.74) is 1.35. The van der Waals surface area contributed by atoms with Crippen molar-refractivity contribution in [2.45, 2.75) is 46.5 Å². The van der Waals surface area contributed by atoms with E-state index in [9.17, 15) is 0 Å². The molecule has 0 nitrogen and oxygen atoms in total. The summed E-state index contributed by atoms with van der Waals surface area (Å²) in [5, 5.41) is 7.18. The van der Waals surface area contributed by atoms with E-state index < -0.39 is 20.8 Å². The second kappa shape index (κ2) is 15.4. The molecule has 0 aliphatic carbocycles. The molecule has 0 amide bonds. The number of rotatable bonds is 7. The standard InChI is InChI=1S/C17H24P.C10H9.2ClH.Zr/c1-3-5-11-18(12-6-4-2)17-13-15-9-7-8-10-16(15)14-17;1-8-6-9-4-2-3-5-10(9)7-8;;;/h7-10,13-14H,3-6,11-12H2,1-2H3;2-7H,1H3;2*1H;/q2*-1;;;+4/p-2. The SMILES string of the molecule is CCCCP(CCCC)c1cc2ccccc2[cH-]1.Cc1cc2ccccc2[cH-]1.[Cl][Zr+2][Cl]. The van der Waals surface area contributed by atoms with Crippen LogP contribution in [-0.2, 0) is 20.8 Å². The third-order valence-electron chi connectivity index (χ3n) is 5.29. The van der Waals surface area contributed by atoms with Crippen LogP contribution >= 0.6 is 24.9 Å². The maximum atomic E-state index is 4.93. The first-order valence-electron chi connectivity index (χ1n) is 11.1. The number of hydrogen-bond donors (Lipinski definition) is 0. The first-order valence-corrected chi connectivity index (χ1v) is 19.2. The molecule has 0 aliphatic heterocycles. The second-order valence-corrected chi connectivity index (χ2v) is 14.0. The summed E-state index contributed by atoms with van der Waals surface area (Å²) in [6, 6.07) is 26.5. The van der Waals surface area contributed by atoms with Gasteiger partial charge in [0, 0.05) is 0 Å². The molecular weight excluding hydrogens is 517 g/mol. The van der Waals surface area contributed by atoms with Crippen molar-refractivity contribution < 1.29 is 20.8 Å². The van der Waals surface area contributed by atoms with Crippen LogP contribution in [0.25, 0.3) is 21.5 Å². The van der Waals surface area contributed by atoms with Crippen LogP contribution in [0.5, 0.6) is 0 Å². The maximum absolute atomic E-state index is 4.93. The van der Waals surface area contributed by atoms with Gasteiger partial charge in [-0.3, -0.25) is 0 Å². The quantitative estimate of drug-likeness (QED) is 0.159. The molecule has 0 heterocycles. The van der Waals surface area contributed by atoms with Gasteiger partial charge in [-0.05, 0) is 25.2 Å². The normalized spacial score (nSPS) is 10.4. The zero-order valence-electron chi connectivity index (χ0n) is 18.9. The molecule has 4 heteroatoms. The summed E-state index contributed by atoms with van der Waals surface area (Å²) < 4.78 is 0. The van der Waals surface area contributed by atoms with Crippen LogP contribution in [0, 0.1) is 6.92 Å². The van der Waals surface area contributed by atoms with E-state index in [0.717, 1.165) is 0 Å². The monoisotopic (exact) mass is 548 g/mol. The molecule has 164 valence electrons. The summed E-state index contributed by atoms with van der Waals surface area (Å²) in [7, 11) is 9.95. The van der Waals surface area contributed by atoms with Crippen LogP contribution < -0.4 is 5.30 Å². The molecular formula is C27H33Cl2PZr. The summed E-state index contributed by atoms with van der Waals surface area (Å²) in [4.78, 5) is 0. The molecule has 0 radical (unpaired) electrons. The summed E-state index contributed by atoms with van der Waals surface area (Å²) in [6.07, 6.45) is 8.26. The van der Waals surface area contributed by atoms with Crippen molar-refractivity contribution in [1.29, 1.82) is 0 Å². The van der Waals surface area contributed by atoms with Gasteiger partial charge in [-0.15, -0.1) is 80.9 Å². The third kappa shape index (κ3) is 9.14. The average Bonchev–Trinajstić information content (AvgIpc) is 3.37. The molecule has 4 aromatic rings. The van der Waals surface area contributed by atoms with E-state index >= 15 is 0 Å². The van der Waals surface area contributed by atoms with Crippen molar-refractivity contribution in [3.63, 3.8) is 0 Å². The van der Waals surface area contributed by atoms with Crippen molar-refractivity contribution in [3.05, 3.63) is 78.4 Å². The predicted molar refractivity (Wildman–Crippen MR) is 142 cm³/mol. The molecule has 0 unspecified atom stereocenters. The van der Waals surface area contributed by atoms with E-state index in [2.05, 4.69) is 93.6 Å². The Kier molecular flexibility index (Phi) is 13.3. The molecule has 0 saturated carbocycles. The van der Waals surface area contributed by atoms with Gasteiger partial charge in [0.05, 0.1) is 0 Å². The molecule has 4 rings (SSSR count). The topological polar surface area (TPSA) is 0 Å². The van der Waals surface area contributed by atoms with Gasteiger partial charge in [0.15, 0.2) is 0 Å². The van der Waals surface area contributed by atoms with Gasteiger partial charge in [0.25, 0.3) is 0 Å². The number of benzene rings is 2. The third-order valence-corrected chi connectivity index (χ3v) is 7.99. The Bertz CT molecular complexity index is 930. The Balaban J connectivity index is 0.000000219. The van der Waals surface area contributed by atoms with Crippen molar-refractivity contribution in [2.24, 2.45) is 0 Å². The second-order valence-electron chi connectivity index (χ2n) is 7.77. The average molecular weight is 551 g/mol. The fourth-order valence-electron chi connectivity index (χ4n) is 3.69. The van der Waals surface area contributed by atoms with Crippen molar-refractivity contribution in [3.8, 4) is 0 Å². The zero-order valence-corrected chi connectivity index (χ0v) is 23.7. The molecule has 4 aromatic carbocycles. The van der Waals surface area contributed by atoms with E-state index in [1.807, 2.05) is 0 Å². The van der Waals surface area contributed by atoms with Crippen molar-refractivity contribution in [2.75, 3.05) is 12.3 Å². The molecule has 0 aromatic heterocycles. The molecule has 0 aliphatic rings. The van der Waals surface area contributed by atoms with Crippen molar-refractivity contribution in [1.82, 2.24) is 0 Å². The number of fused-ring (bicyclic) bond motifs is 2. The zero-order chi connectivity index (χ0) is 22.5. The molecule has 0 N–H and O–H groups in total. The summed E-state index contributed by atoms with van der Waals surface area (Å²) >= 11 is -0.826. The van der Waals surface area contributed by atoms with Gasteiger partial charge in [0.1, 0.15) is 0 Å². The fourth-order valence-corrected chi connectivity index (χ4v) is 6.47. The number of unbranched alkanes of at least 4 members (excludes halogenated alkanes) is 2. The summed E-state index contributed by atoms with van der Waals surface area (Å²) in [6.45, 7) is 6.73. The number of aryl methyl sites for hydroxylation is 1. The van der Waals surface area contributed by atoms with Gasteiger partial charge < -0.3 is 0 Å². The van der Waals surface area contributed by atoms with Crippen LogP contribution in [-0.4, -0.2) is 12.3 Å². The Labute approximate surface area is 208 Å². The number of hydrogen-bond acceptors (Lipinski definition) is 0. The first-order chi connectivity index (χ1) is 15.1. The van der Waals surface area contributed by atoms with E-state index in [0.29, 0.717) is 0 Å². The van der Waals surface area contributed by atoms with Crippen LogP contribution in [0.4, 0.5) is 0 Å². The Hall–Kier alpha value is -0.447. The molecule has 0 fully saturated rings. The van der Waals surface area contributed by atoms with Gasteiger partial charge in [-0.25, -0.2) is 0 Å². The predicted octanol–water partition coefficient (Wildman–Crippen LogP) is 9.51. The first kappa shape index (κ1) is 26.8. The van der Waals surface area contributed by atoms with E-state index in [4.69, 9.17) is 17.0 Å². The van der Waals surface area contributed by atoms with Gasteiger partial charge in [0.2, 0.25) is 0 Å². The van der Waals surface area contributed by atoms with Gasteiger partial charge in [-0.1, -0.05) is 53.7 Å². The van der Waals surface area contributed by atoms with Gasteiger partial charge >= 0.3 is 37.9 Å². The Morgan fingerprint density at radius 1 is 0.774 bits per heavy atom. The molecule has 31 heavy (non-hydrogen) atoms. The minimum absolute atomic E-state index is 0.0856.